The van der Waals surface area contributed by atoms with Crippen molar-refractivity contribution in [3.63, 3.8) is 0 Å². The molecule has 0 aliphatic carbocycles. The Kier molecular flexibility index (Phi) is 3.38. The van der Waals surface area contributed by atoms with Crippen LogP contribution in [0.5, 0.6) is 11.5 Å². The second-order valence-corrected chi connectivity index (χ2v) is 3.90. The summed E-state index contributed by atoms with van der Waals surface area (Å²) in [6.07, 6.45) is -4.48. The summed E-state index contributed by atoms with van der Waals surface area (Å²) in [7, 11) is 1.34. The van der Waals surface area contributed by atoms with E-state index in [-0.39, 0.29) is 22.6 Å². The van der Waals surface area contributed by atoms with Crippen molar-refractivity contribution in [1.82, 2.24) is 0 Å². The number of phenolic OH excluding ortho intramolecular Hbond substituents is 1. The molecule has 0 fully saturated rings. The normalized spacial score (nSPS) is 11.4. The number of hydrogen-bond donors (Lipinski definition) is 1. The van der Waals surface area contributed by atoms with Crippen LogP contribution in [0, 0.1) is 0 Å². The molecule has 0 radical (unpaired) electrons. The molecular weight excluding hydrogens is 257 g/mol. The molecule has 2 nitrogen and oxygen atoms in total. The van der Waals surface area contributed by atoms with E-state index in [4.69, 9.17) is 4.74 Å². The van der Waals surface area contributed by atoms with Crippen LogP contribution in [0.15, 0.2) is 42.5 Å². The summed E-state index contributed by atoms with van der Waals surface area (Å²) in [5.41, 5.74) is -0.780. The van der Waals surface area contributed by atoms with Gasteiger partial charge in [0.1, 0.15) is 0 Å². The summed E-state index contributed by atoms with van der Waals surface area (Å²) in [6, 6.07) is 9.52. The molecule has 2 aromatic rings. The number of aromatic hydroxyl groups is 1. The summed E-state index contributed by atoms with van der Waals surface area (Å²) in [5.74, 6) is -0.170. The maximum Gasteiger partial charge on any atom is 0.417 e. The van der Waals surface area contributed by atoms with E-state index < -0.39 is 11.7 Å². The Balaban J connectivity index is 2.67. The van der Waals surface area contributed by atoms with E-state index in [2.05, 4.69) is 0 Å². The van der Waals surface area contributed by atoms with Gasteiger partial charge in [0.15, 0.2) is 11.5 Å². The molecule has 19 heavy (non-hydrogen) atoms. The molecule has 2 aromatic carbocycles. The average Bonchev–Trinajstić information content (AvgIpc) is 2.38. The predicted octanol–water partition coefficient (Wildman–Crippen LogP) is 4.09. The van der Waals surface area contributed by atoms with Gasteiger partial charge >= 0.3 is 6.18 Å². The second kappa shape index (κ2) is 4.84. The molecule has 1 N–H and O–H groups in total. The maximum atomic E-state index is 12.9. The first-order chi connectivity index (χ1) is 8.95. The highest BCUT2D eigenvalue weighted by molar-refractivity contribution is 5.76. The standard InChI is InChI=1S/C14H11F3O2/c1-19-12-8-4-6-10(13(12)18)9-5-2-3-7-11(9)14(15,16)17/h2-8,18H,1H3. The number of methoxy groups -OCH3 is 1. The summed E-state index contributed by atoms with van der Waals surface area (Å²) < 4.78 is 43.7. The van der Waals surface area contributed by atoms with E-state index in [0.29, 0.717) is 0 Å². The van der Waals surface area contributed by atoms with Gasteiger partial charge in [0, 0.05) is 5.56 Å². The second-order valence-electron chi connectivity index (χ2n) is 3.90. The predicted molar refractivity (Wildman–Crippen MR) is 65.1 cm³/mol. The van der Waals surface area contributed by atoms with Crippen LogP contribution in [-0.4, -0.2) is 12.2 Å². The number of alkyl halides is 3. The highest BCUT2D eigenvalue weighted by Crippen LogP contribution is 2.42. The highest BCUT2D eigenvalue weighted by Gasteiger charge is 2.34. The number of benzene rings is 2. The lowest BCUT2D eigenvalue weighted by Gasteiger charge is -2.14. The molecule has 0 aliphatic rings. The van der Waals surface area contributed by atoms with Crippen LogP contribution in [0.2, 0.25) is 0 Å². The lowest BCUT2D eigenvalue weighted by molar-refractivity contribution is -0.137. The van der Waals surface area contributed by atoms with Gasteiger partial charge in [-0.1, -0.05) is 30.3 Å². The third kappa shape index (κ3) is 2.50. The Morgan fingerprint density at radius 1 is 0.947 bits per heavy atom. The van der Waals surface area contributed by atoms with Crippen molar-refractivity contribution in [3.8, 4) is 22.6 Å². The molecule has 0 aromatic heterocycles. The van der Waals surface area contributed by atoms with Gasteiger partial charge in [0.2, 0.25) is 0 Å². The van der Waals surface area contributed by atoms with Crippen molar-refractivity contribution < 1.29 is 23.0 Å². The van der Waals surface area contributed by atoms with Gasteiger partial charge in [-0.25, -0.2) is 0 Å². The smallest absolute Gasteiger partial charge is 0.417 e. The van der Waals surface area contributed by atoms with Gasteiger partial charge in [0.25, 0.3) is 0 Å². The SMILES string of the molecule is COc1cccc(-c2ccccc2C(F)(F)F)c1O. The first kappa shape index (κ1) is 13.3. The van der Waals surface area contributed by atoms with E-state index in [1.54, 1.807) is 0 Å². The number of halogens is 3. The first-order valence-electron chi connectivity index (χ1n) is 5.47. The maximum absolute atomic E-state index is 12.9. The molecule has 2 rings (SSSR count). The summed E-state index contributed by atoms with van der Waals surface area (Å²) in [4.78, 5) is 0. The first-order valence-corrected chi connectivity index (χ1v) is 5.47. The van der Waals surface area contributed by atoms with Gasteiger partial charge in [-0.2, -0.15) is 13.2 Å². The Morgan fingerprint density at radius 3 is 2.21 bits per heavy atom. The largest absolute Gasteiger partial charge is 0.504 e. The fourth-order valence-corrected chi connectivity index (χ4v) is 1.87. The van der Waals surface area contributed by atoms with Crippen molar-refractivity contribution >= 4 is 0 Å². The number of para-hydroxylation sites is 1. The number of ether oxygens (including phenoxy) is 1. The molecule has 0 spiro atoms. The summed E-state index contributed by atoms with van der Waals surface area (Å²) in [5, 5.41) is 9.94. The molecule has 0 heterocycles. The molecular formula is C14H11F3O2. The van der Waals surface area contributed by atoms with Crippen molar-refractivity contribution in [1.29, 1.82) is 0 Å². The van der Waals surface area contributed by atoms with Crippen LogP contribution in [-0.2, 0) is 6.18 Å². The Hall–Kier alpha value is -2.17. The minimum Gasteiger partial charge on any atom is -0.504 e. The van der Waals surface area contributed by atoms with Gasteiger partial charge in [-0.3, -0.25) is 0 Å². The molecule has 0 amide bonds. The minimum atomic E-state index is -4.48. The summed E-state index contributed by atoms with van der Waals surface area (Å²) >= 11 is 0. The number of phenols is 1. The van der Waals surface area contributed by atoms with E-state index in [9.17, 15) is 18.3 Å². The Morgan fingerprint density at radius 2 is 1.58 bits per heavy atom. The molecule has 5 heteroatoms. The van der Waals surface area contributed by atoms with Crippen molar-refractivity contribution in [2.24, 2.45) is 0 Å². The molecule has 0 saturated carbocycles. The quantitative estimate of drug-likeness (QED) is 0.889. The third-order valence-electron chi connectivity index (χ3n) is 2.74. The third-order valence-corrected chi connectivity index (χ3v) is 2.74. The van der Waals surface area contributed by atoms with E-state index in [0.717, 1.165) is 6.07 Å². The van der Waals surface area contributed by atoms with Crippen molar-refractivity contribution in [2.75, 3.05) is 7.11 Å². The number of hydrogen-bond acceptors (Lipinski definition) is 2. The van der Waals surface area contributed by atoms with Crippen molar-refractivity contribution in [2.45, 2.75) is 6.18 Å². The Bertz CT molecular complexity index is 591. The van der Waals surface area contributed by atoms with E-state index in [1.807, 2.05) is 0 Å². The van der Waals surface area contributed by atoms with Crippen LogP contribution >= 0.6 is 0 Å². The zero-order valence-corrected chi connectivity index (χ0v) is 10.0. The topological polar surface area (TPSA) is 29.5 Å². The lowest BCUT2D eigenvalue weighted by atomic mass is 9.98. The molecule has 0 bridgehead atoms. The van der Waals surface area contributed by atoms with Gasteiger partial charge in [-0.15, -0.1) is 0 Å². The van der Waals surface area contributed by atoms with Crippen molar-refractivity contribution in [3.05, 3.63) is 48.0 Å². The fourth-order valence-electron chi connectivity index (χ4n) is 1.87. The monoisotopic (exact) mass is 268 g/mol. The van der Waals surface area contributed by atoms with Crippen LogP contribution < -0.4 is 4.74 Å². The molecule has 0 atom stereocenters. The molecule has 0 saturated heterocycles. The zero-order chi connectivity index (χ0) is 14.0. The van der Waals surface area contributed by atoms with Crippen LogP contribution in [0.1, 0.15) is 5.56 Å². The lowest BCUT2D eigenvalue weighted by Crippen LogP contribution is -2.06. The van der Waals surface area contributed by atoms with Gasteiger partial charge in [0.05, 0.1) is 12.7 Å². The average molecular weight is 268 g/mol. The van der Waals surface area contributed by atoms with Gasteiger partial charge in [-0.05, 0) is 17.7 Å². The molecule has 0 unspecified atom stereocenters. The summed E-state index contributed by atoms with van der Waals surface area (Å²) in [6.45, 7) is 0. The molecule has 100 valence electrons. The van der Waals surface area contributed by atoms with Crippen LogP contribution in [0.4, 0.5) is 13.2 Å². The number of rotatable bonds is 2. The Labute approximate surface area is 108 Å². The minimum absolute atomic E-state index is 0.0774. The fraction of sp³-hybridized carbons (Fsp3) is 0.143. The van der Waals surface area contributed by atoms with Crippen LogP contribution in [0.25, 0.3) is 11.1 Å². The van der Waals surface area contributed by atoms with E-state index in [1.165, 1.54) is 43.5 Å². The zero-order valence-electron chi connectivity index (χ0n) is 10.0. The molecule has 0 aliphatic heterocycles. The highest BCUT2D eigenvalue weighted by atomic mass is 19.4. The van der Waals surface area contributed by atoms with E-state index >= 15 is 0 Å². The van der Waals surface area contributed by atoms with Crippen LogP contribution in [0.3, 0.4) is 0 Å². The van der Waals surface area contributed by atoms with Gasteiger partial charge < -0.3 is 9.84 Å².